The van der Waals surface area contributed by atoms with Crippen LogP contribution in [-0.2, 0) is 6.54 Å². The summed E-state index contributed by atoms with van der Waals surface area (Å²) in [6.45, 7) is 14.2. The molecule has 0 aliphatic heterocycles. The maximum absolute atomic E-state index is 4.23. The Labute approximate surface area is 92.2 Å². The van der Waals surface area contributed by atoms with E-state index in [1.54, 1.807) is 0 Å². The second-order valence-corrected chi connectivity index (χ2v) is 4.98. The zero-order chi connectivity index (χ0) is 11.5. The van der Waals surface area contributed by atoms with Crippen molar-refractivity contribution in [3.05, 3.63) is 30.1 Å². The maximum Gasteiger partial charge on any atom is 0.0632 e. The van der Waals surface area contributed by atoms with Crippen molar-refractivity contribution in [2.45, 2.75) is 39.8 Å². The number of rotatable bonds is 4. The zero-order valence-corrected chi connectivity index (χ0v) is 10.2. The van der Waals surface area contributed by atoms with E-state index in [1.807, 2.05) is 16.9 Å². The van der Waals surface area contributed by atoms with E-state index in [2.05, 4.69) is 44.7 Å². The molecule has 3 nitrogen and oxygen atoms in total. The average Bonchev–Trinajstić information content (AvgIpc) is 2.47. The quantitative estimate of drug-likeness (QED) is 0.767. The van der Waals surface area contributed by atoms with E-state index in [9.17, 15) is 0 Å². The molecule has 0 aromatic carbocycles. The monoisotopic (exact) mass is 207 g/mol. The van der Waals surface area contributed by atoms with Crippen molar-refractivity contribution < 1.29 is 0 Å². The number of nitrogens with one attached hydrogen (secondary N) is 1. The summed E-state index contributed by atoms with van der Waals surface area (Å²) in [5.41, 5.74) is 2.46. The Morgan fingerprint density at radius 3 is 2.67 bits per heavy atom. The summed E-state index contributed by atoms with van der Waals surface area (Å²) >= 11 is 0. The average molecular weight is 207 g/mol. The highest BCUT2D eigenvalue weighted by molar-refractivity contribution is 5.03. The molecule has 0 fully saturated rings. The van der Waals surface area contributed by atoms with Crippen LogP contribution in [0.3, 0.4) is 0 Å². The summed E-state index contributed by atoms with van der Waals surface area (Å²) in [6, 6.07) is 2.00. The van der Waals surface area contributed by atoms with E-state index >= 15 is 0 Å². The van der Waals surface area contributed by atoms with E-state index in [0.717, 1.165) is 18.7 Å². The molecule has 1 aromatic heterocycles. The van der Waals surface area contributed by atoms with Crippen molar-refractivity contribution in [2.75, 3.05) is 6.54 Å². The molecule has 0 amide bonds. The van der Waals surface area contributed by atoms with Crippen LogP contribution >= 0.6 is 0 Å². The molecule has 0 aliphatic carbocycles. The fourth-order valence-corrected chi connectivity index (χ4v) is 1.22. The minimum absolute atomic E-state index is 0.141. The Morgan fingerprint density at radius 1 is 1.53 bits per heavy atom. The molecule has 1 aromatic rings. The molecule has 15 heavy (non-hydrogen) atoms. The molecule has 0 aliphatic rings. The molecule has 0 bridgehead atoms. The summed E-state index contributed by atoms with van der Waals surface area (Å²) < 4.78 is 1.96. The summed E-state index contributed by atoms with van der Waals surface area (Å²) in [5, 5.41) is 7.64. The Hall–Kier alpha value is -1.09. The molecule has 0 spiro atoms. The highest BCUT2D eigenvalue weighted by Gasteiger charge is 2.09. The van der Waals surface area contributed by atoms with Crippen molar-refractivity contribution >= 4 is 0 Å². The van der Waals surface area contributed by atoms with Crippen LogP contribution in [0.25, 0.3) is 0 Å². The number of hydrogen-bond donors (Lipinski definition) is 1. The van der Waals surface area contributed by atoms with Gasteiger partial charge in [-0.2, -0.15) is 5.10 Å². The first-order valence-corrected chi connectivity index (χ1v) is 5.28. The highest BCUT2D eigenvalue weighted by atomic mass is 15.3. The first kappa shape index (κ1) is 12.0. The van der Waals surface area contributed by atoms with Crippen LogP contribution in [0, 0.1) is 6.92 Å². The van der Waals surface area contributed by atoms with Gasteiger partial charge in [0.2, 0.25) is 0 Å². The molecule has 0 saturated heterocycles. The van der Waals surface area contributed by atoms with Crippen LogP contribution in [0.1, 0.15) is 26.5 Å². The largest absolute Gasteiger partial charge is 0.308 e. The standard InChI is InChI=1S/C12H21N3/c1-10(8-13-12(3,4)5)9-15-11(2)6-7-14-15/h6-7,13H,1,8-9H2,2-5H3. The lowest BCUT2D eigenvalue weighted by Gasteiger charge is -2.21. The number of nitrogens with zero attached hydrogens (tertiary/aromatic N) is 2. The fraction of sp³-hybridized carbons (Fsp3) is 0.583. The van der Waals surface area contributed by atoms with Gasteiger partial charge >= 0.3 is 0 Å². The molecule has 1 heterocycles. The highest BCUT2D eigenvalue weighted by Crippen LogP contribution is 2.03. The van der Waals surface area contributed by atoms with Gasteiger partial charge in [0.05, 0.1) is 6.54 Å². The van der Waals surface area contributed by atoms with Crippen molar-refractivity contribution in [2.24, 2.45) is 0 Å². The van der Waals surface area contributed by atoms with Gasteiger partial charge < -0.3 is 5.32 Å². The van der Waals surface area contributed by atoms with Gasteiger partial charge in [-0.05, 0) is 39.3 Å². The molecule has 1 rings (SSSR count). The van der Waals surface area contributed by atoms with Crippen LogP contribution < -0.4 is 5.32 Å². The van der Waals surface area contributed by atoms with Crippen LogP contribution in [0.4, 0.5) is 0 Å². The zero-order valence-electron chi connectivity index (χ0n) is 10.2. The third kappa shape index (κ3) is 4.30. The summed E-state index contributed by atoms with van der Waals surface area (Å²) in [5.74, 6) is 0. The van der Waals surface area contributed by atoms with Gasteiger partial charge in [0.25, 0.3) is 0 Å². The lowest BCUT2D eigenvalue weighted by atomic mass is 10.1. The molecule has 0 atom stereocenters. The molecule has 84 valence electrons. The minimum Gasteiger partial charge on any atom is -0.308 e. The molecular formula is C12H21N3. The van der Waals surface area contributed by atoms with Crippen LogP contribution in [0.2, 0.25) is 0 Å². The first-order chi connectivity index (χ1) is 6.88. The fourth-order valence-electron chi connectivity index (χ4n) is 1.22. The van der Waals surface area contributed by atoms with Crippen molar-refractivity contribution in [1.82, 2.24) is 15.1 Å². The summed E-state index contributed by atoms with van der Waals surface area (Å²) in [7, 11) is 0. The van der Waals surface area contributed by atoms with E-state index in [0.29, 0.717) is 0 Å². The molecule has 0 unspecified atom stereocenters. The van der Waals surface area contributed by atoms with E-state index in [4.69, 9.17) is 0 Å². The summed E-state index contributed by atoms with van der Waals surface area (Å²) in [6.07, 6.45) is 1.82. The second-order valence-electron chi connectivity index (χ2n) is 4.98. The smallest absolute Gasteiger partial charge is 0.0632 e. The van der Waals surface area contributed by atoms with Gasteiger partial charge in [0, 0.05) is 24.0 Å². The predicted molar refractivity (Wildman–Crippen MR) is 63.9 cm³/mol. The molecule has 1 N–H and O–H groups in total. The Morgan fingerprint density at radius 2 is 2.20 bits per heavy atom. The predicted octanol–water partition coefficient (Wildman–Crippen LogP) is 2.14. The first-order valence-electron chi connectivity index (χ1n) is 5.28. The van der Waals surface area contributed by atoms with Crippen molar-refractivity contribution in [3.8, 4) is 0 Å². The lowest BCUT2D eigenvalue weighted by Crippen LogP contribution is -2.37. The minimum atomic E-state index is 0.141. The van der Waals surface area contributed by atoms with Gasteiger partial charge in [0.15, 0.2) is 0 Å². The van der Waals surface area contributed by atoms with Gasteiger partial charge in [-0.3, -0.25) is 4.68 Å². The number of aryl methyl sites for hydroxylation is 1. The molecular weight excluding hydrogens is 186 g/mol. The Bertz CT molecular complexity index is 331. The topological polar surface area (TPSA) is 29.9 Å². The van der Waals surface area contributed by atoms with Crippen LogP contribution in [0.15, 0.2) is 24.4 Å². The van der Waals surface area contributed by atoms with Gasteiger partial charge in [-0.15, -0.1) is 0 Å². The lowest BCUT2D eigenvalue weighted by molar-refractivity contribution is 0.438. The molecule has 0 radical (unpaired) electrons. The Balaban J connectivity index is 2.41. The van der Waals surface area contributed by atoms with Crippen LogP contribution in [-0.4, -0.2) is 21.9 Å². The molecule has 3 heteroatoms. The van der Waals surface area contributed by atoms with Crippen molar-refractivity contribution in [3.63, 3.8) is 0 Å². The number of aromatic nitrogens is 2. The summed E-state index contributed by atoms with van der Waals surface area (Å²) in [4.78, 5) is 0. The van der Waals surface area contributed by atoms with E-state index in [-0.39, 0.29) is 5.54 Å². The SMILES string of the molecule is C=C(CNC(C)(C)C)Cn1nccc1C. The number of hydrogen-bond acceptors (Lipinski definition) is 2. The van der Waals surface area contributed by atoms with E-state index < -0.39 is 0 Å². The normalized spacial score (nSPS) is 11.7. The molecule has 0 saturated carbocycles. The third-order valence-corrected chi connectivity index (χ3v) is 2.17. The van der Waals surface area contributed by atoms with Gasteiger partial charge in [-0.25, -0.2) is 0 Å². The third-order valence-electron chi connectivity index (χ3n) is 2.17. The van der Waals surface area contributed by atoms with Crippen molar-refractivity contribution in [1.29, 1.82) is 0 Å². The van der Waals surface area contributed by atoms with Crippen LogP contribution in [0.5, 0.6) is 0 Å². The van der Waals surface area contributed by atoms with Gasteiger partial charge in [-0.1, -0.05) is 6.58 Å². The van der Waals surface area contributed by atoms with Gasteiger partial charge in [0.1, 0.15) is 0 Å². The maximum atomic E-state index is 4.23. The second kappa shape index (κ2) is 4.62. The Kier molecular flexibility index (Phi) is 3.69. The van der Waals surface area contributed by atoms with E-state index in [1.165, 1.54) is 5.69 Å².